The van der Waals surface area contributed by atoms with E-state index in [0.717, 1.165) is 84.6 Å². The van der Waals surface area contributed by atoms with Crippen LogP contribution < -0.4 is 0 Å². The molecular formula is C46H37ClN8. The number of benzene rings is 5. The van der Waals surface area contributed by atoms with Crippen molar-refractivity contribution >= 4 is 33.7 Å². The first-order chi connectivity index (χ1) is 26.9. The van der Waals surface area contributed by atoms with E-state index in [4.69, 9.17) is 42.0 Å². The van der Waals surface area contributed by atoms with Gasteiger partial charge in [-0.2, -0.15) is 0 Å². The second kappa shape index (κ2) is 14.0. The number of hydrogen-bond donors (Lipinski definition) is 0. The standard InChI is InChI=1S/C46H37ClN8/c1-4-42-50-43-30(2)26-31(3)48-45(43)54(42)29-32-24-25-40-38(27-32)39(47)28-41(49-40)36-22-14-15-23-37(36)44-51-53-55(52-44)46(33-16-8-5-9-17-33,34-18-10-6-11-19-34)35-20-12-7-13-21-35/h5-28H,4,29H2,1-3H3. The Hall–Kier alpha value is -6.51. The third kappa shape index (κ3) is 5.95. The molecule has 0 aliphatic carbocycles. The van der Waals surface area contributed by atoms with Gasteiger partial charge < -0.3 is 4.57 Å². The number of halogens is 1. The monoisotopic (exact) mass is 736 g/mol. The van der Waals surface area contributed by atoms with Crippen LogP contribution in [0.25, 0.3) is 44.7 Å². The van der Waals surface area contributed by atoms with Gasteiger partial charge in [0.1, 0.15) is 11.3 Å². The van der Waals surface area contributed by atoms with E-state index >= 15 is 0 Å². The largest absolute Gasteiger partial charge is 0.308 e. The zero-order chi connectivity index (χ0) is 37.5. The maximum atomic E-state index is 7.11. The predicted molar refractivity (Wildman–Crippen MR) is 219 cm³/mol. The number of fused-ring (bicyclic) bond motifs is 2. The number of rotatable bonds is 9. The minimum absolute atomic E-state index is 0.481. The molecular weight excluding hydrogens is 700 g/mol. The van der Waals surface area contributed by atoms with Crippen molar-refractivity contribution in [2.24, 2.45) is 0 Å². The van der Waals surface area contributed by atoms with Crippen molar-refractivity contribution in [3.8, 4) is 22.6 Å². The van der Waals surface area contributed by atoms with E-state index in [0.29, 0.717) is 17.4 Å². The molecule has 9 rings (SSSR count). The summed E-state index contributed by atoms with van der Waals surface area (Å²) in [6, 6.07) is 49.3. The van der Waals surface area contributed by atoms with Gasteiger partial charge in [0.25, 0.3) is 0 Å². The van der Waals surface area contributed by atoms with Crippen LogP contribution in [0.15, 0.2) is 146 Å². The number of aryl methyl sites for hydroxylation is 3. The summed E-state index contributed by atoms with van der Waals surface area (Å²) in [5.41, 5.74) is 10.4. The van der Waals surface area contributed by atoms with E-state index in [9.17, 15) is 0 Å². The molecule has 0 fully saturated rings. The van der Waals surface area contributed by atoms with Crippen molar-refractivity contribution in [3.05, 3.63) is 190 Å². The van der Waals surface area contributed by atoms with Crippen LogP contribution in [0.3, 0.4) is 0 Å². The molecule has 0 radical (unpaired) electrons. The number of tetrazole rings is 1. The summed E-state index contributed by atoms with van der Waals surface area (Å²) in [4.78, 5) is 16.7. The maximum absolute atomic E-state index is 7.11. The smallest absolute Gasteiger partial charge is 0.205 e. The molecule has 0 spiro atoms. The Morgan fingerprint density at radius 1 is 0.655 bits per heavy atom. The first-order valence-electron chi connectivity index (χ1n) is 18.4. The molecule has 268 valence electrons. The number of aromatic nitrogens is 8. The van der Waals surface area contributed by atoms with Gasteiger partial charge in [-0.05, 0) is 71.1 Å². The van der Waals surface area contributed by atoms with Crippen LogP contribution in [0, 0.1) is 13.8 Å². The summed E-state index contributed by atoms with van der Waals surface area (Å²) in [5, 5.41) is 16.2. The fourth-order valence-corrected chi connectivity index (χ4v) is 8.04. The highest BCUT2D eigenvalue weighted by Gasteiger charge is 2.41. The molecule has 0 saturated carbocycles. The molecule has 8 nitrogen and oxygen atoms in total. The normalized spacial score (nSPS) is 11.8. The molecule has 4 heterocycles. The van der Waals surface area contributed by atoms with Crippen molar-refractivity contribution in [2.75, 3.05) is 0 Å². The Kier molecular flexibility index (Phi) is 8.75. The van der Waals surface area contributed by atoms with Gasteiger partial charge in [0.05, 0.1) is 22.8 Å². The third-order valence-electron chi connectivity index (χ3n) is 10.3. The SMILES string of the molecule is CCc1nc2c(C)cc(C)nc2n1Cc1ccc2nc(-c3ccccc3-c3nnn(C(c4ccccc4)(c4ccccc4)c4ccccc4)n3)cc(Cl)c2c1. The van der Waals surface area contributed by atoms with Crippen LogP contribution in [-0.4, -0.2) is 39.7 Å². The van der Waals surface area contributed by atoms with E-state index in [-0.39, 0.29) is 0 Å². The molecule has 4 aromatic heterocycles. The minimum atomic E-state index is -0.888. The van der Waals surface area contributed by atoms with Crippen LogP contribution in [0.1, 0.15) is 46.3 Å². The van der Waals surface area contributed by atoms with Crippen LogP contribution in [-0.2, 0) is 18.5 Å². The van der Waals surface area contributed by atoms with Gasteiger partial charge in [0.15, 0.2) is 11.2 Å². The lowest BCUT2D eigenvalue weighted by Gasteiger charge is -2.34. The molecule has 0 aliphatic heterocycles. The maximum Gasteiger partial charge on any atom is 0.205 e. The highest BCUT2D eigenvalue weighted by atomic mass is 35.5. The van der Waals surface area contributed by atoms with E-state index in [2.05, 4.69) is 73.0 Å². The Bertz CT molecular complexity index is 2720. The Labute approximate surface area is 324 Å². The van der Waals surface area contributed by atoms with Gasteiger partial charge in [0, 0.05) is 28.6 Å². The van der Waals surface area contributed by atoms with Gasteiger partial charge in [-0.25, -0.2) is 15.0 Å². The van der Waals surface area contributed by atoms with Crippen molar-refractivity contribution in [2.45, 2.75) is 39.3 Å². The van der Waals surface area contributed by atoms with E-state index in [1.807, 2.05) is 97.9 Å². The molecule has 55 heavy (non-hydrogen) atoms. The number of hydrogen-bond acceptors (Lipinski definition) is 6. The van der Waals surface area contributed by atoms with E-state index in [1.54, 1.807) is 4.80 Å². The predicted octanol–water partition coefficient (Wildman–Crippen LogP) is 10.0. The minimum Gasteiger partial charge on any atom is -0.308 e. The fourth-order valence-electron chi connectivity index (χ4n) is 7.79. The van der Waals surface area contributed by atoms with Gasteiger partial charge in [-0.3, -0.25) is 0 Å². The summed E-state index contributed by atoms with van der Waals surface area (Å²) in [6.45, 7) is 6.88. The molecule has 0 bridgehead atoms. The quantitative estimate of drug-likeness (QED) is 0.137. The highest BCUT2D eigenvalue weighted by molar-refractivity contribution is 6.35. The first-order valence-corrected chi connectivity index (χ1v) is 18.8. The highest BCUT2D eigenvalue weighted by Crippen LogP contribution is 2.41. The molecule has 0 saturated heterocycles. The molecule has 0 unspecified atom stereocenters. The van der Waals surface area contributed by atoms with Gasteiger partial charge in [-0.1, -0.05) is 140 Å². The summed E-state index contributed by atoms with van der Waals surface area (Å²) in [7, 11) is 0. The van der Waals surface area contributed by atoms with Gasteiger partial charge >= 0.3 is 0 Å². The number of nitrogens with zero attached hydrogens (tertiary/aromatic N) is 8. The lowest BCUT2D eigenvalue weighted by atomic mass is 9.77. The number of pyridine rings is 2. The zero-order valence-electron chi connectivity index (χ0n) is 30.7. The molecule has 0 amide bonds. The van der Waals surface area contributed by atoms with Crippen LogP contribution in [0.4, 0.5) is 0 Å². The topological polar surface area (TPSA) is 87.2 Å². The van der Waals surface area contributed by atoms with Gasteiger partial charge in [0.2, 0.25) is 5.82 Å². The summed E-state index contributed by atoms with van der Waals surface area (Å²) < 4.78 is 2.21. The zero-order valence-corrected chi connectivity index (χ0v) is 31.5. The fraction of sp³-hybridized carbons (Fsp3) is 0.130. The Morgan fingerprint density at radius 3 is 1.91 bits per heavy atom. The summed E-state index contributed by atoms with van der Waals surface area (Å²) >= 11 is 7.11. The summed E-state index contributed by atoms with van der Waals surface area (Å²) in [5.74, 6) is 1.49. The molecule has 0 aliphatic rings. The second-order valence-electron chi connectivity index (χ2n) is 13.8. The van der Waals surface area contributed by atoms with Crippen LogP contribution >= 0.6 is 11.6 Å². The van der Waals surface area contributed by atoms with Crippen LogP contribution in [0.2, 0.25) is 5.02 Å². The van der Waals surface area contributed by atoms with Gasteiger partial charge in [-0.15, -0.1) is 15.0 Å². The Balaban J connectivity index is 1.12. The first kappa shape index (κ1) is 34.3. The number of imidazole rings is 1. The lowest BCUT2D eigenvalue weighted by molar-refractivity contribution is 0.396. The lowest BCUT2D eigenvalue weighted by Crippen LogP contribution is -2.39. The molecule has 5 aromatic carbocycles. The van der Waals surface area contributed by atoms with Crippen LogP contribution in [0.5, 0.6) is 0 Å². The van der Waals surface area contributed by atoms with Crippen molar-refractivity contribution in [1.29, 1.82) is 0 Å². The molecule has 9 heteroatoms. The third-order valence-corrected chi connectivity index (χ3v) is 10.6. The molecule has 0 N–H and O–H groups in total. The summed E-state index contributed by atoms with van der Waals surface area (Å²) in [6.07, 6.45) is 0.807. The van der Waals surface area contributed by atoms with Crippen molar-refractivity contribution in [1.82, 2.24) is 39.7 Å². The van der Waals surface area contributed by atoms with Crippen molar-refractivity contribution in [3.63, 3.8) is 0 Å². The van der Waals surface area contributed by atoms with Crippen molar-refractivity contribution < 1.29 is 0 Å². The van der Waals surface area contributed by atoms with E-state index in [1.165, 1.54) is 0 Å². The van der Waals surface area contributed by atoms with E-state index < -0.39 is 5.54 Å². The Morgan fingerprint density at radius 2 is 1.27 bits per heavy atom. The average Bonchev–Trinajstić information content (AvgIpc) is 3.85. The average molecular weight is 737 g/mol. The molecule has 9 aromatic rings. The second-order valence-corrected chi connectivity index (χ2v) is 14.2. The molecule has 0 atom stereocenters.